The van der Waals surface area contributed by atoms with Crippen LogP contribution >= 0.6 is 22.6 Å². The lowest BCUT2D eigenvalue weighted by Gasteiger charge is -2.11. The van der Waals surface area contributed by atoms with Crippen molar-refractivity contribution in [2.24, 2.45) is 0 Å². The number of pyridine rings is 1. The molecule has 1 heterocycles. The molecular weight excluding hydrogens is 461 g/mol. The van der Waals surface area contributed by atoms with E-state index in [9.17, 15) is 14.4 Å². The number of halogens is 1. The zero-order valence-electron chi connectivity index (χ0n) is 14.9. The summed E-state index contributed by atoms with van der Waals surface area (Å²) in [5.74, 6) is -0.952. The minimum atomic E-state index is -0.531. The summed E-state index contributed by atoms with van der Waals surface area (Å²) in [5, 5.41) is 11.8. The third-order valence-electron chi connectivity index (χ3n) is 4.01. The van der Waals surface area contributed by atoms with E-state index in [2.05, 4.69) is 32.9 Å². The van der Waals surface area contributed by atoms with Gasteiger partial charge in [-0.25, -0.2) is 0 Å². The Hall–Kier alpha value is -2.67. The van der Waals surface area contributed by atoms with Crippen LogP contribution < -0.4 is 10.9 Å². The van der Waals surface area contributed by atoms with Crippen molar-refractivity contribution in [3.63, 3.8) is 0 Å². The van der Waals surface area contributed by atoms with E-state index in [0.717, 1.165) is 9.13 Å². The highest BCUT2D eigenvalue weighted by molar-refractivity contribution is 14.1. The van der Waals surface area contributed by atoms with Crippen LogP contribution in [0.5, 0.6) is 0 Å². The van der Waals surface area contributed by atoms with Crippen molar-refractivity contribution >= 4 is 40.2 Å². The highest BCUT2D eigenvalue weighted by Crippen LogP contribution is 2.17. The summed E-state index contributed by atoms with van der Waals surface area (Å²) in [4.78, 5) is 38.2. The van der Waals surface area contributed by atoms with Gasteiger partial charge >= 0.3 is 5.97 Å². The van der Waals surface area contributed by atoms with Crippen molar-refractivity contribution in [2.45, 2.75) is 26.7 Å². The van der Waals surface area contributed by atoms with E-state index in [4.69, 9.17) is 10.00 Å². The number of carbonyl (C=O) groups excluding carboxylic acids is 2. The van der Waals surface area contributed by atoms with Crippen molar-refractivity contribution in [3.8, 4) is 6.07 Å². The number of para-hydroxylation sites is 1. The van der Waals surface area contributed by atoms with Crippen LogP contribution in [0.2, 0.25) is 0 Å². The van der Waals surface area contributed by atoms with Crippen LogP contribution in [0.3, 0.4) is 0 Å². The predicted molar refractivity (Wildman–Crippen MR) is 108 cm³/mol. The maximum atomic E-state index is 11.9. The predicted octanol–water partition coefficient (Wildman–Crippen LogP) is 2.58. The standard InChI is InChI=1S/C19H18IN3O4/c1-11-13(12(2)22-19(26)14(11)9-21)7-8-18(25)27-10-17(24)23-16-6-4-3-5-15(16)20/h3-6H,7-8,10H2,1-2H3,(H,22,26)(H,23,24). The summed E-state index contributed by atoms with van der Waals surface area (Å²) < 4.78 is 5.89. The summed E-state index contributed by atoms with van der Waals surface area (Å²) in [7, 11) is 0. The summed E-state index contributed by atoms with van der Waals surface area (Å²) in [6.45, 7) is 3.01. The van der Waals surface area contributed by atoms with Gasteiger partial charge in [0.05, 0.1) is 5.69 Å². The minimum Gasteiger partial charge on any atom is -0.456 e. The van der Waals surface area contributed by atoms with Crippen molar-refractivity contribution in [1.29, 1.82) is 5.26 Å². The van der Waals surface area contributed by atoms with Crippen molar-refractivity contribution in [1.82, 2.24) is 4.98 Å². The second-order valence-electron chi connectivity index (χ2n) is 5.86. The molecule has 0 aliphatic heterocycles. The number of aryl methyl sites for hydroxylation is 1. The Morgan fingerprint density at radius 1 is 1.30 bits per heavy atom. The number of aromatic amines is 1. The third kappa shape index (κ3) is 5.40. The van der Waals surface area contributed by atoms with E-state index in [0.29, 0.717) is 23.4 Å². The van der Waals surface area contributed by atoms with Gasteiger partial charge in [0.2, 0.25) is 0 Å². The van der Waals surface area contributed by atoms with Gasteiger partial charge in [-0.05, 0) is 66.1 Å². The normalized spacial score (nSPS) is 10.1. The topological polar surface area (TPSA) is 112 Å². The number of rotatable bonds is 6. The number of aromatic nitrogens is 1. The zero-order chi connectivity index (χ0) is 20.0. The molecule has 140 valence electrons. The molecule has 1 amide bonds. The molecule has 8 heteroatoms. The number of esters is 1. The highest BCUT2D eigenvalue weighted by atomic mass is 127. The SMILES string of the molecule is Cc1[nH]c(=O)c(C#N)c(C)c1CCC(=O)OCC(=O)Nc1ccccc1I. The molecule has 0 saturated carbocycles. The van der Waals surface area contributed by atoms with Gasteiger partial charge in [0.25, 0.3) is 11.5 Å². The van der Waals surface area contributed by atoms with Gasteiger partial charge in [-0.15, -0.1) is 0 Å². The molecule has 0 radical (unpaired) electrons. The molecule has 2 rings (SSSR count). The molecular formula is C19H18IN3O4. The largest absolute Gasteiger partial charge is 0.456 e. The van der Waals surface area contributed by atoms with Crippen molar-refractivity contribution < 1.29 is 14.3 Å². The quantitative estimate of drug-likeness (QED) is 0.489. The molecule has 1 aromatic carbocycles. The molecule has 0 saturated heterocycles. The monoisotopic (exact) mass is 479 g/mol. The molecule has 7 nitrogen and oxygen atoms in total. The third-order valence-corrected chi connectivity index (χ3v) is 4.95. The Morgan fingerprint density at radius 2 is 2.00 bits per heavy atom. The second-order valence-corrected chi connectivity index (χ2v) is 7.02. The average Bonchev–Trinajstić information content (AvgIpc) is 2.62. The first-order valence-corrected chi connectivity index (χ1v) is 9.23. The fourth-order valence-corrected chi connectivity index (χ4v) is 3.14. The number of carbonyl (C=O) groups is 2. The lowest BCUT2D eigenvalue weighted by molar-refractivity contribution is -0.147. The first-order valence-electron chi connectivity index (χ1n) is 8.16. The summed E-state index contributed by atoms with van der Waals surface area (Å²) in [6, 6.07) is 9.14. The lowest BCUT2D eigenvalue weighted by atomic mass is 9.99. The van der Waals surface area contributed by atoms with Gasteiger partial charge in [0, 0.05) is 15.7 Å². The van der Waals surface area contributed by atoms with Crippen molar-refractivity contribution in [2.75, 3.05) is 11.9 Å². The van der Waals surface area contributed by atoms with Gasteiger partial charge < -0.3 is 15.0 Å². The number of nitrogens with zero attached hydrogens (tertiary/aromatic N) is 1. The molecule has 0 aliphatic carbocycles. The van der Waals surface area contributed by atoms with Crippen LogP contribution in [0.4, 0.5) is 5.69 Å². The maximum Gasteiger partial charge on any atom is 0.306 e. The molecule has 0 aliphatic rings. The number of hydrogen-bond donors (Lipinski definition) is 2. The number of benzene rings is 1. The smallest absolute Gasteiger partial charge is 0.306 e. The number of nitrogens with one attached hydrogen (secondary N) is 2. The van der Waals surface area contributed by atoms with Crippen molar-refractivity contribution in [3.05, 3.63) is 60.6 Å². The van der Waals surface area contributed by atoms with Gasteiger partial charge in [-0.1, -0.05) is 12.1 Å². The Labute approximate surface area is 169 Å². The minimum absolute atomic E-state index is 0.0365. The van der Waals surface area contributed by atoms with E-state index >= 15 is 0 Å². The molecule has 0 unspecified atom stereocenters. The Balaban J connectivity index is 1.90. The number of H-pyrrole nitrogens is 1. The average molecular weight is 479 g/mol. The summed E-state index contributed by atoms with van der Waals surface area (Å²) in [6.07, 6.45) is 0.342. The molecule has 1 aromatic heterocycles. The molecule has 0 bridgehead atoms. The number of hydrogen-bond acceptors (Lipinski definition) is 5. The fourth-order valence-electron chi connectivity index (χ4n) is 2.61. The molecule has 2 aromatic rings. The molecule has 0 fully saturated rings. The van der Waals surface area contributed by atoms with E-state index in [1.807, 2.05) is 18.2 Å². The van der Waals surface area contributed by atoms with Gasteiger partial charge in [-0.2, -0.15) is 5.26 Å². The van der Waals surface area contributed by atoms with Crippen LogP contribution in [0.1, 0.15) is 28.8 Å². The first kappa shape index (κ1) is 20.6. The van der Waals surface area contributed by atoms with Gasteiger partial charge in [0.15, 0.2) is 6.61 Å². The van der Waals surface area contributed by atoms with Crippen LogP contribution in [0.15, 0.2) is 29.1 Å². The Morgan fingerprint density at radius 3 is 2.67 bits per heavy atom. The lowest BCUT2D eigenvalue weighted by Crippen LogP contribution is -2.22. The maximum absolute atomic E-state index is 11.9. The fraction of sp³-hybridized carbons (Fsp3) is 0.263. The van der Waals surface area contributed by atoms with E-state index < -0.39 is 17.4 Å². The van der Waals surface area contributed by atoms with Gasteiger partial charge in [0.1, 0.15) is 11.6 Å². The van der Waals surface area contributed by atoms with Crippen LogP contribution in [0.25, 0.3) is 0 Å². The van der Waals surface area contributed by atoms with Crippen LogP contribution in [0, 0.1) is 28.7 Å². The number of anilines is 1. The second kappa shape index (κ2) is 9.32. The number of amides is 1. The highest BCUT2D eigenvalue weighted by Gasteiger charge is 2.15. The van der Waals surface area contributed by atoms with E-state index in [-0.39, 0.29) is 18.6 Å². The number of ether oxygens (including phenoxy) is 1. The van der Waals surface area contributed by atoms with E-state index in [1.54, 1.807) is 26.0 Å². The molecule has 0 spiro atoms. The van der Waals surface area contributed by atoms with Gasteiger partial charge in [-0.3, -0.25) is 14.4 Å². The summed E-state index contributed by atoms with van der Waals surface area (Å²) >= 11 is 2.10. The van der Waals surface area contributed by atoms with E-state index in [1.165, 1.54) is 0 Å². The first-order chi connectivity index (χ1) is 12.8. The Kier molecular flexibility index (Phi) is 7.12. The van der Waals surface area contributed by atoms with Crippen LogP contribution in [-0.2, 0) is 20.7 Å². The molecule has 0 atom stereocenters. The molecule has 2 N–H and O–H groups in total. The molecule has 27 heavy (non-hydrogen) atoms. The van der Waals surface area contributed by atoms with Crippen LogP contribution in [-0.4, -0.2) is 23.5 Å². The summed E-state index contributed by atoms with van der Waals surface area (Å²) in [5.41, 5.74) is 2.16. The Bertz CT molecular complexity index is 976. The number of nitriles is 1. The zero-order valence-corrected chi connectivity index (χ0v) is 17.0.